The Morgan fingerprint density at radius 3 is 2.58 bits per heavy atom. The molecule has 2 rings (SSSR count). The highest BCUT2D eigenvalue weighted by atomic mass is 35.5. The van der Waals surface area contributed by atoms with Crippen molar-refractivity contribution in [2.24, 2.45) is 0 Å². The van der Waals surface area contributed by atoms with Gasteiger partial charge in [0.1, 0.15) is 5.69 Å². The van der Waals surface area contributed by atoms with Crippen LogP contribution in [0.15, 0.2) is 29.0 Å². The van der Waals surface area contributed by atoms with Gasteiger partial charge in [0.25, 0.3) is 0 Å². The molecule has 1 aromatic heterocycles. The summed E-state index contributed by atoms with van der Waals surface area (Å²) >= 11 is 5.83. The fraction of sp³-hybridized carbons (Fsp3) is 0.357. The van der Waals surface area contributed by atoms with Crippen molar-refractivity contribution in [1.82, 2.24) is 4.98 Å². The van der Waals surface area contributed by atoms with Crippen molar-refractivity contribution < 1.29 is 13.9 Å². The predicted molar refractivity (Wildman–Crippen MR) is 73.8 cm³/mol. The van der Waals surface area contributed by atoms with E-state index in [9.17, 15) is 0 Å². The van der Waals surface area contributed by atoms with E-state index in [1.54, 1.807) is 0 Å². The molecule has 2 aromatic rings. The highest BCUT2D eigenvalue weighted by Gasteiger charge is 2.13. The van der Waals surface area contributed by atoms with E-state index in [4.69, 9.17) is 25.5 Å². The Morgan fingerprint density at radius 2 is 1.89 bits per heavy atom. The molecule has 1 aromatic carbocycles. The van der Waals surface area contributed by atoms with Gasteiger partial charge in [-0.25, -0.2) is 4.98 Å². The van der Waals surface area contributed by atoms with Crippen LogP contribution in [-0.4, -0.2) is 18.2 Å². The van der Waals surface area contributed by atoms with Crippen LogP contribution in [0.3, 0.4) is 0 Å². The van der Waals surface area contributed by atoms with Gasteiger partial charge in [0.15, 0.2) is 23.7 Å². The van der Waals surface area contributed by atoms with Gasteiger partial charge in [0, 0.05) is 5.56 Å². The molecule has 0 N–H and O–H groups in total. The van der Waals surface area contributed by atoms with Crippen molar-refractivity contribution in [3.63, 3.8) is 0 Å². The molecule has 0 saturated heterocycles. The molecule has 0 aliphatic heterocycles. The minimum absolute atomic E-state index is 0.309. The van der Waals surface area contributed by atoms with Crippen LogP contribution in [0.2, 0.25) is 0 Å². The molecule has 102 valence electrons. The van der Waals surface area contributed by atoms with E-state index in [0.29, 0.717) is 36.3 Å². The van der Waals surface area contributed by atoms with Gasteiger partial charge < -0.3 is 13.9 Å². The average Bonchev–Trinajstić information content (AvgIpc) is 2.89. The third-order valence-corrected chi connectivity index (χ3v) is 2.83. The Labute approximate surface area is 117 Å². The first-order chi connectivity index (χ1) is 9.30. The molecule has 0 atom stereocenters. The van der Waals surface area contributed by atoms with Crippen LogP contribution in [0.25, 0.3) is 11.3 Å². The second-order valence-corrected chi connectivity index (χ2v) is 4.06. The summed E-state index contributed by atoms with van der Waals surface area (Å²) in [6.07, 6.45) is 1.39. The van der Waals surface area contributed by atoms with E-state index < -0.39 is 0 Å². The largest absolute Gasteiger partial charge is 0.490 e. The summed E-state index contributed by atoms with van der Waals surface area (Å²) in [5.41, 5.74) is 1.59. The molecule has 1 heterocycles. The van der Waals surface area contributed by atoms with Crippen molar-refractivity contribution in [3.05, 3.63) is 30.3 Å². The lowest BCUT2D eigenvalue weighted by molar-refractivity contribution is 0.288. The second kappa shape index (κ2) is 6.48. The quantitative estimate of drug-likeness (QED) is 0.754. The summed E-state index contributed by atoms with van der Waals surface area (Å²) in [4.78, 5) is 4.07. The first-order valence-corrected chi connectivity index (χ1v) is 6.71. The highest BCUT2D eigenvalue weighted by molar-refractivity contribution is 6.17. The molecule has 0 radical (unpaired) electrons. The number of benzene rings is 1. The molecular weight excluding hydrogens is 266 g/mol. The topological polar surface area (TPSA) is 44.5 Å². The molecular formula is C14H16ClNO3. The van der Waals surface area contributed by atoms with E-state index in [1.165, 1.54) is 6.39 Å². The smallest absolute Gasteiger partial charge is 0.181 e. The molecule has 0 aliphatic rings. The zero-order valence-corrected chi connectivity index (χ0v) is 11.7. The molecule has 0 fully saturated rings. The maximum Gasteiger partial charge on any atom is 0.181 e. The van der Waals surface area contributed by atoms with Gasteiger partial charge in [-0.05, 0) is 32.0 Å². The standard InChI is InChI=1S/C14H16ClNO3/c1-3-17-12-6-5-10(7-13(12)18-4-2)14-11(8-15)16-9-19-14/h5-7,9H,3-4,8H2,1-2H3. The first kappa shape index (κ1) is 13.7. The van der Waals surface area contributed by atoms with Crippen LogP contribution < -0.4 is 9.47 Å². The Hall–Kier alpha value is -1.68. The summed E-state index contributed by atoms with van der Waals surface area (Å²) in [6.45, 7) is 5.03. The lowest BCUT2D eigenvalue weighted by atomic mass is 10.1. The van der Waals surface area contributed by atoms with Gasteiger partial charge in [-0.3, -0.25) is 0 Å². The van der Waals surface area contributed by atoms with Crippen molar-refractivity contribution in [2.45, 2.75) is 19.7 Å². The van der Waals surface area contributed by atoms with Gasteiger partial charge in [0.05, 0.1) is 19.1 Å². The van der Waals surface area contributed by atoms with Crippen molar-refractivity contribution in [3.8, 4) is 22.8 Å². The predicted octanol–water partition coefficient (Wildman–Crippen LogP) is 3.88. The first-order valence-electron chi connectivity index (χ1n) is 6.18. The van der Waals surface area contributed by atoms with Gasteiger partial charge in [-0.2, -0.15) is 0 Å². The molecule has 0 spiro atoms. The number of oxazole rings is 1. The normalized spacial score (nSPS) is 10.5. The van der Waals surface area contributed by atoms with Crippen LogP contribution in [0.5, 0.6) is 11.5 Å². The maximum atomic E-state index is 5.83. The molecule has 0 saturated carbocycles. The van der Waals surface area contributed by atoms with Crippen molar-refractivity contribution >= 4 is 11.6 Å². The molecule has 0 amide bonds. The number of halogens is 1. The van der Waals surface area contributed by atoms with Crippen LogP contribution >= 0.6 is 11.6 Å². The average molecular weight is 282 g/mol. The van der Waals surface area contributed by atoms with Gasteiger partial charge in [0.2, 0.25) is 0 Å². The van der Waals surface area contributed by atoms with Gasteiger partial charge in [-0.1, -0.05) is 0 Å². The Kier molecular flexibility index (Phi) is 4.68. The number of hydrogen-bond donors (Lipinski definition) is 0. The summed E-state index contributed by atoms with van der Waals surface area (Å²) in [7, 11) is 0. The van der Waals surface area contributed by atoms with Crippen LogP contribution in [0, 0.1) is 0 Å². The zero-order chi connectivity index (χ0) is 13.7. The van der Waals surface area contributed by atoms with E-state index in [2.05, 4.69) is 4.98 Å². The Morgan fingerprint density at radius 1 is 1.16 bits per heavy atom. The summed E-state index contributed by atoms with van der Waals surface area (Å²) in [6, 6.07) is 5.65. The lowest BCUT2D eigenvalue weighted by Crippen LogP contribution is -1.98. The molecule has 0 aliphatic carbocycles. The third kappa shape index (κ3) is 3.01. The summed E-state index contributed by atoms with van der Waals surface area (Å²) in [5, 5.41) is 0. The number of ether oxygens (including phenoxy) is 2. The monoisotopic (exact) mass is 281 g/mol. The summed E-state index contributed by atoms with van der Waals surface area (Å²) in [5.74, 6) is 2.39. The van der Waals surface area contributed by atoms with E-state index in [0.717, 1.165) is 11.3 Å². The molecule has 4 nitrogen and oxygen atoms in total. The number of hydrogen-bond acceptors (Lipinski definition) is 4. The van der Waals surface area contributed by atoms with Gasteiger partial charge in [-0.15, -0.1) is 11.6 Å². The number of aromatic nitrogens is 1. The van der Waals surface area contributed by atoms with E-state index >= 15 is 0 Å². The SMILES string of the molecule is CCOc1ccc(-c2ocnc2CCl)cc1OCC. The molecule has 0 bridgehead atoms. The number of nitrogens with zero attached hydrogens (tertiary/aromatic N) is 1. The number of alkyl halides is 1. The van der Waals surface area contributed by atoms with Crippen LogP contribution in [0.4, 0.5) is 0 Å². The van der Waals surface area contributed by atoms with Crippen LogP contribution in [-0.2, 0) is 5.88 Å². The highest BCUT2D eigenvalue weighted by Crippen LogP contribution is 2.34. The molecule has 0 unspecified atom stereocenters. The Balaban J connectivity index is 2.39. The molecule has 5 heteroatoms. The minimum Gasteiger partial charge on any atom is -0.490 e. The fourth-order valence-electron chi connectivity index (χ4n) is 1.79. The number of rotatable bonds is 6. The van der Waals surface area contributed by atoms with E-state index in [1.807, 2.05) is 32.0 Å². The zero-order valence-electron chi connectivity index (χ0n) is 11.0. The van der Waals surface area contributed by atoms with E-state index in [-0.39, 0.29) is 0 Å². The summed E-state index contributed by atoms with van der Waals surface area (Å²) < 4.78 is 16.5. The Bertz CT molecular complexity index is 539. The van der Waals surface area contributed by atoms with Gasteiger partial charge >= 0.3 is 0 Å². The fourth-order valence-corrected chi connectivity index (χ4v) is 1.98. The maximum absolute atomic E-state index is 5.83. The van der Waals surface area contributed by atoms with Crippen LogP contribution in [0.1, 0.15) is 19.5 Å². The van der Waals surface area contributed by atoms with Crippen molar-refractivity contribution in [1.29, 1.82) is 0 Å². The molecule has 19 heavy (non-hydrogen) atoms. The second-order valence-electron chi connectivity index (χ2n) is 3.79. The third-order valence-electron chi connectivity index (χ3n) is 2.57. The lowest BCUT2D eigenvalue weighted by Gasteiger charge is -2.11. The van der Waals surface area contributed by atoms with Crippen molar-refractivity contribution in [2.75, 3.05) is 13.2 Å². The minimum atomic E-state index is 0.309.